The van der Waals surface area contributed by atoms with Crippen molar-refractivity contribution in [3.63, 3.8) is 0 Å². The Labute approximate surface area is 106 Å². The standard InChI is InChI=1S/C13H13Si.Li/c14-13(11-7-3-1-4-8-11)12-9-5-2-6-10-12;/h1-10,13H,14H2;/q-1;+1. The molecule has 0 spiro atoms. The molecule has 0 radical (unpaired) electrons. The van der Waals surface area contributed by atoms with Crippen LogP contribution in [0.15, 0.2) is 60.7 Å². The maximum absolute atomic E-state index is 2.19. The summed E-state index contributed by atoms with van der Waals surface area (Å²) < 4.78 is 0. The first-order valence-electron chi connectivity index (χ1n) is 4.81. The van der Waals surface area contributed by atoms with E-state index in [2.05, 4.69) is 60.7 Å². The summed E-state index contributed by atoms with van der Waals surface area (Å²) in [5.74, 6) is 0. The zero-order valence-corrected chi connectivity index (χ0v) is 10.5. The summed E-state index contributed by atoms with van der Waals surface area (Å²) in [7, 11) is 2.03. The topological polar surface area (TPSA) is 0 Å². The Bertz CT molecular complexity index is 346. The molecule has 2 rings (SSSR count). The van der Waals surface area contributed by atoms with E-state index in [1.165, 1.54) is 11.1 Å². The smallest absolute Gasteiger partial charge is 0.281 e. The van der Waals surface area contributed by atoms with Crippen molar-refractivity contribution >= 4 is 10.2 Å². The van der Waals surface area contributed by atoms with E-state index in [-0.39, 0.29) is 18.9 Å². The van der Waals surface area contributed by atoms with Crippen LogP contribution in [0.5, 0.6) is 0 Å². The van der Waals surface area contributed by atoms with Crippen LogP contribution in [-0.4, -0.2) is 10.2 Å². The minimum absolute atomic E-state index is 0. The van der Waals surface area contributed by atoms with Crippen molar-refractivity contribution in [3.05, 3.63) is 71.8 Å². The fourth-order valence-corrected chi connectivity index (χ4v) is 2.11. The molecule has 2 aromatic carbocycles. The molecular formula is C13H13LiSi. The minimum Gasteiger partial charge on any atom is -0.281 e. The van der Waals surface area contributed by atoms with E-state index in [4.69, 9.17) is 0 Å². The largest absolute Gasteiger partial charge is 1.00 e. The van der Waals surface area contributed by atoms with Gasteiger partial charge in [0.2, 0.25) is 0 Å². The molecular weight excluding hydrogens is 191 g/mol. The normalized spacial score (nSPS) is 9.73. The van der Waals surface area contributed by atoms with Gasteiger partial charge in [-0.1, -0.05) is 71.8 Å². The molecule has 2 aromatic rings. The van der Waals surface area contributed by atoms with Gasteiger partial charge in [0, 0.05) is 0 Å². The van der Waals surface area contributed by atoms with Crippen LogP contribution in [0.2, 0.25) is 0 Å². The first-order valence-corrected chi connectivity index (χ1v) is 5.62. The average Bonchev–Trinajstić information content (AvgIpc) is 2.30. The van der Waals surface area contributed by atoms with Crippen molar-refractivity contribution in [3.8, 4) is 0 Å². The molecule has 0 fully saturated rings. The van der Waals surface area contributed by atoms with Gasteiger partial charge in [-0.2, -0.15) is 0 Å². The molecule has 0 saturated carbocycles. The summed E-state index contributed by atoms with van der Waals surface area (Å²) in [6.07, 6.45) is 0. The van der Waals surface area contributed by atoms with E-state index >= 15 is 0 Å². The minimum atomic E-state index is 0. The molecule has 70 valence electrons. The van der Waals surface area contributed by atoms with Gasteiger partial charge in [0.05, 0.1) is 0 Å². The van der Waals surface area contributed by atoms with E-state index in [1.54, 1.807) is 0 Å². The Balaban J connectivity index is 0.00000112. The number of hydrogen-bond donors (Lipinski definition) is 0. The van der Waals surface area contributed by atoms with Gasteiger partial charge in [0.1, 0.15) is 0 Å². The quantitative estimate of drug-likeness (QED) is 0.574. The van der Waals surface area contributed by atoms with Gasteiger partial charge in [-0.15, -0.1) is 5.54 Å². The third-order valence-electron chi connectivity index (χ3n) is 2.40. The molecule has 0 aromatic heterocycles. The fourth-order valence-electron chi connectivity index (χ4n) is 1.56. The second-order valence-corrected chi connectivity index (χ2v) is 4.19. The van der Waals surface area contributed by atoms with E-state index in [9.17, 15) is 0 Å². The van der Waals surface area contributed by atoms with Crippen LogP contribution >= 0.6 is 0 Å². The van der Waals surface area contributed by atoms with E-state index in [0.29, 0.717) is 5.54 Å². The van der Waals surface area contributed by atoms with Crippen molar-refractivity contribution in [2.24, 2.45) is 0 Å². The van der Waals surface area contributed by atoms with Crippen LogP contribution < -0.4 is 18.9 Å². The van der Waals surface area contributed by atoms with Gasteiger partial charge < -0.3 is 0 Å². The first kappa shape index (κ1) is 12.3. The monoisotopic (exact) mass is 204 g/mol. The summed E-state index contributed by atoms with van der Waals surface area (Å²) in [6.45, 7) is 0. The molecule has 0 unspecified atom stereocenters. The zero-order chi connectivity index (χ0) is 9.80. The average molecular weight is 204 g/mol. The predicted octanol–water partition coefficient (Wildman–Crippen LogP) is -0.587. The molecule has 15 heavy (non-hydrogen) atoms. The summed E-state index contributed by atoms with van der Waals surface area (Å²) in [5, 5.41) is 0. The maximum Gasteiger partial charge on any atom is 1.00 e. The SMILES string of the molecule is [Li+].[SiH2-]C(c1ccccc1)c1ccccc1. The van der Waals surface area contributed by atoms with E-state index in [0.717, 1.165) is 0 Å². The van der Waals surface area contributed by atoms with Crippen LogP contribution in [0.1, 0.15) is 16.7 Å². The molecule has 0 nitrogen and oxygen atoms in total. The third kappa shape index (κ3) is 3.10. The van der Waals surface area contributed by atoms with Crippen LogP contribution in [0.3, 0.4) is 0 Å². The maximum atomic E-state index is 2.19. The molecule has 0 heterocycles. The molecule has 0 atom stereocenters. The molecule has 0 amide bonds. The summed E-state index contributed by atoms with van der Waals surface area (Å²) in [4.78, 5) is 0. The Hall–Kier alpha value is -0.746. The second-order valence-electron chi connectivity index (χ2n) is 3.37. The second kappa shape index (κ2) is 5.97. The van der Waals surface area contributed by atoms with Gasteiger partial charge in [-0.25, -0.2) is 0 Å². The molecule has 2 heteroatoms. The Morgan fingerprint density at radius 2 is 1.00 bits per heavy atom. The summed E-state index contributed by atoms with van der Waals surface area (Å²) in [5.41, 5.74) is 3.28. The van der Waals surface area contributed by atoms with E-state index < -0.39 is 0 Å². The van der Waals surface area contributed by atoms with Gasteiger partial charge >= 0.3 is 18.9 Å². The molecule has 0 aliphatic heterocycles. The Kier molecular flexibility index (Phi) is 4.91. The van der Waals surface area contributed by atoms with Gasteiger partial charge in [-0.05, 0) is 0 Å². The Morgan fingerprint density at radius 1 is 0.667 bits per heavy atom. The first-order chi connectivity index (χ1) is 6.88. The van der Waals surface area contributed by atoms with Crippen molar-refractivity contribution in [2.45, 2.75) is 5.54 Å². The van der Waals surface area contributed by atoms with Crippen molar-refractivity contribution in [2.75, 3.05) is 0 Å². The molecule has 0 saturated heterocycles. The van der Waals surface area contributed by atoms with Gasteiger partial charge in [0.15, 0.2) is 0 Å². The van der Waals surface area contributed by atoms with Gasteiger partial charge in [0.25, 0.3) is 0 Å². The van der Waals surface area contributed by atoms with Crippen LogP contribution in [0.25, 0.3) is 0 Å². The Morgan fingerprint density at radius 3 is 1.33 bits per heavy atom. The number of rotatable bonds is 2. The van der Waals surface area contributed by atoms with Crippen molar-refractivity contribution < 1.29 is 18.9 Å². The predicted molar refractivity (Wildman–Crippen MR) is 63.3 cm³/mol. The third-order valence-corrected chi connectivity index (χ3v) is 3.35. The molecule has 0 aliphatic carbocycles. The fraction of sp³-hybridized carbons (Fsp3) is 0.0769. The van der Waals surface area contributed by atoms with Gasteiger partial charge in [-0.3, -0.25) is 10.2 Å². The zero-order valence-electron chi connectivity index (χ0n) is 9.06. The molecule has 0 bridgehead atoms. The van der Waals surface area contributed by atoms with Crippen LogP contribution in [0, 0.1) is 0 Å². The summed E-state index contributed by atoms with van der Waals surface area (Å²) in [6, 6.07) is 21.2. The van der Waals surface area contributed by atoms with Crippen molar-refractivity contribution in [1.82, 2.24) is 0 Å². The molecule has 0 aliphatic rings. The van der Waals surface area contributed by atoms with Crippen LogP contribution in [-0.2, 0) is 0 Å². The molecule has 0 N–H and O–H groups in total. The van der Waals surface area contributed by atoms with Crippen molar-refractivity contribution in [1.29, 1.82) is 0 Å². The summed E-state index contributed by atoms with van der Waals surface area (Å²) >= 11 is 0. The number of benzene rings is 2. The number of hydrogen-bond acceptors (Lipinski definition) is 0. The van der Waals surface area contributed by atoms with Crippen LogP contribution in [0.4, 0.5) is 0 Å². The van der Waals surface area contributed by atoms with E-state index in [1.807, 2.05) is 10.2 Å².